The van der Waals surface area contributed by atoms with E-state index < -0.39 is 6.10 Å². The van der Waals surface area contributed by atoms with Gasteiger partial charge in [-0.15, -0.1) is 0 Å². The van der Waals surface area contributed by atoms with Crippen LogP contribution < -0.4 is 0 Å². The van der Waals surface area contributed by atoms with Gasteiger partial charge in [0.15, 0.2) is 6.10 Å². The van der Waals surface area contributed by atoms with Crippen LogP contribution >= 0.6 is 0 Å². The number of hydrogen-bond acceptors (Lipinski definition) is 6. The van der Waals surface area contributed by atoms with Gasteiger partial charge in [-0.1, -0.05) is 205 Å². The third kappa shape index (κ3) is 48.2. The molecule has 0 saturated carbocycles. The van der Waals surface area contributed by atoms with Gasteiger partial charge in [0.1, 0.15) is 13.2 Å². The fourth-order valence-electron chi connectivity index (χ4n) is 5.82. The van der Waals surface area contributed by atoms with E-state index in [1.54, 1.807) is 0 Å². The molecule has 350 valence electrons. The lowest BCUT2D eigenvalue weighted by Crippen LogP contribution is -2.30. The van der Waals surface area contributed by atoms with Gasteiger partial charge in [-0.25, -0.2) is 0 Å². The fraction of sp³-hybridized carbons (Fsp3) is 0.526. The van der Waals surface area contributed by atoms with Crippen molar-refractivity contribution in [3.05, 3.63) is 146 Å². The molecule has 0 radical (unpaired) electrons. The molecule has 6 heteroatoms. The number of hydrogen-bond donors (Lipinski definition) is 0. The van der Waals surface area contributed by atoms with E-state index >= 15 is 0 Å². The van der Waals surface area contributed by atoms with Gasteiger partial charge < -0.3 is 14.2 Å². The highest BCUT2D eigenvalue weighted by Crippen LogP contribution is 2.10. The first kappa shape index (κ1) is 58.3. The number of carbonyl (C=O) groups excluding carboxylic acids is 3. The number of carbonyl (C=O) groups is 3. The molecule has 0 saturated heterocycles. The van der Waals surface area contributed by atoms with Crippen molar-refractivity contribution in [3.63, 3.8) is 0 Å². The number of rotatable bonds is 41. The highest BCUT2D eigenvalue weighted by Gasteiger charge is 2.19. The van der Waals surface area contributed by atoms with E-state index in [-0.39, 0.29) is 50.4 Å². The summed E-state index contributed by atoms with van der Waals surface area (Å²) >= 11 is 0. The second-order valence-electron chi connectivity index (χ2n) is 15.3. The Balaban J connectivity index is 4.65. The molecule has 0 aliphatic rings. The molecule has 0 aliphatic carbocycles. The molecule has 0 fully saturated rings. The zero-order valence-corrected chi connectivity index (χ0v) is 39.8. The molecule has 6 nitrogen and oxygen atoms in total. The van der Waals surface area contributed by atoms with E-state index in [4.69, 9.17) is 14.2 Å². The van der Waals surface area contributed by atoms with Gasteiger partial charge in [0, 0.05) is 19.3 Å². The van der Waals surface area contributed by atoms with Crippen LogP contribution in [0, 0.1) is 0 Å². The second kappa shape index (κ2) is 49.9. The van der Waals surface area contributed by atoms with Crippen molar-refractivity contribution in [2.45, 2.75) is 181 Å². The van der Waals surface area contributed by atoms with E-state index in [9.17, 15) is 14.4 Å². The summed E-state index contributed by atoms with van der Waals surface area (Å²) in [5, 5.41) is 0. The minimum absolute atomic E-state index is 0.154. The SMILES string of the molecule is CC/C=C/C=C/C=C/C=C/CCCCCC(=O)OC(COC(=O)CC/C=C/C/C=C/C/C=C/C/C=C/C/C=C/C/C=C/CC)COC(=O)CC/C=C/C/C=C/CCCCCCCC. The molecule has 0 aromatic carbocycles. The lowest BCUT2D eigenvalue weighted by molar-refractivity contribution is -0.166. The Bertz CT molecular complexity index is 1460. The molecule has 0 amide bonds. The Morgan fingerprint density at radius 3 is 1.22 bits per heavy atom. The van der Waals surface area contributed by atoms with Crippen molar-refractivity contribution in [3.8, 4) is 0 Å². The van der Waals surface area contributed by atoms with Gasteiger partial charge in [-0.2, -0.15) is 0 Å². The Kier molecular flexibility index (Phi) is 46.2. The predicted octanol–water partition coefficient (Wildman–Crippen LogP) is 16.1. The predicted molar refractivity (Wildman–Crippen MR) is 269 cm³/mol. The molecule has 1 unspecified atom stereocenters. The van der Waals surface area contributed by atoms with Gasteiger partial charge in [0.2, 0.25) is 0 Å². The fourth-order valence-corrected chi connectivity index (χ4v) is 5.82. The average molecular weight is 867 g/mol. The van der Waals surface area contributed by atoms with Gasteiger partial charge in [-0.05, 0) is 96.3 Å². The molecule has 1 atom stereocenters. The van der Waals surface area contributed by atoms with E-state index in [1.807, 2.05) is 54.7 Å². The van der Waals surface area contributed by atoms with Gasteiger partial charge in [-0.3, -0.25) is 14.4 Å². The highest BCUT2D eigenvalue weighted by atomic mass is 16.6. The molecule has 63 heavy (non-hydrogen) atoms. The van der Waals surface area contributed by atoms with Crippen LogP contribution in [0.4, 0.5) is 0 Å². The normalized spacial score (nSPS) is 13.4. The number of allylic oxidation sites excluding steroid dienone is 24. The largest absolute Gasteiger partial charge is 0.462 e. The maximum Gasteiger partial charge on any atom is 0.306 e. The molecular weight excluding hydrogens is 781 g/mol. The first-order valence-electron chi connectivity index (χ1n) is 24.4. The summed E-state index contributed by atoms with van der Waals surface area (Å²) in [4.78, 5) is 37.8. The van der Waals surface area contributed by atoms with Crippen LogP contribution in [0.1, 0.15) is 175 Å². The summed E-state index contributed by atoms with van der Waals surface area (Å²) in [6, 6.07) is 0. The summed E-state index contributed by atoms with van der Waals surface area (Å²) in [6.45, 7) is 6.18. The van der Waals surface area contributed by atoms with E-state index in [0.29, 0.717) is 19.3 Å². The number of esters is 3. The third-order valence-electron chi connectivity index (χ3n) is 9.43. The van der Waals surface area contributed by atoms with Crippen LogP contribution in [-0.4, -0.2) is 37.2 Å². The number of ether oxygens (including phenoxy) is 3. The van der Waals surface area contributed by atoms with Crippen LogP contribution in [0.3, 0.4) is 0 Å². The zero-order valence-electron chi connectivity index (χ0n) is 39.8. The second-order valence-corrected chi connectivity index (χ2v) is 15.3. The molecule has 0 aliphatic heterocycles. The van der Waals surface area contributed by atoms with E-state index in [1.165, 1.54) is 38.5 Å². The lowest BCUT2D eigenvalue weighted by atomic mass is 10.1. The molecular formula is C57H86O6. The third-order valence-corrected chi connectivity index (χ3v) is 9.43. The highest BCUT2D eigenvalue weighted by molar-refractivity contribution is 5.71. The zero-order chi connectivity index (χ0) is 45.8. The smallest absolute Gasteiger partial charge is 0.306 e. The maximum absolute atomic E-state index is 12.7. The van der Waals surface area contributed by atoms with Crippen LogP contribution in [0.15, 0.2) is 146 Å². The summed E-state index contributed by atoms with van der Waals surface area (Å²) in [7, 11) is 0. The molecule has 0 aromatic rings. The molecule has 0 heterocycles. The monoisotopic (exact) mass is 867 g/mol. The topological polar surface area (TPSA) is 78.9 Å². The van der Waals surface area contributed by atoms with Crippen molar-refractivity contribution in [2.24, 2.45) is 0 Å². The van der Waals surface area contributed by atoms with Crippen LogP contribution in [-0.2, 0) is 28.6 Å². The molecule has 0 aromatic heterocycles. The summed E-state index contributed by atoms with van der Waals surface area (Å²) in [6.07, 6.45) is 71.4. The van der Waals surface area contributed by atoms with Crippen molar-refractivity contribution < 1.29 is 28.6 Å². The summed E-state index contributed by atoms with van der Waals surface area (Å²) in [5.41, 5.74) is 0. The lowest BCUT2D eigenvalue weighted by Gasteiger charge is -2.18. The van der Waals surface area contributed by atoms with E-state index in [0.717, 1.165) is 77.0 Å². The molecule has 0 bridgehead atoms. The van der Waals surface area contributed by atoms with Crippen molar-refractivity contribution in [1.82, 2.24) is 0 Å². The standard InChI is InChI=1S/C57H86O6/c1-4-7-10-13-16-19-22-25-26-27-28-29-30-33-35-38-41-44-47-50-56(59)62-53-54(63-57(60)51-48-45-42-39-36-32-24-21-18-15-12-9-6-3)52-61-55(58)49-46-43-40-37-34-31-23-20-17-14-11-8-5-2/h7,9-10,12,15-16,18-19,21,24-26,28-29,31-36,40-41,43-44,54H,4-6,8,11,13-14,17,20,22-23,27,30,37-39,42,45-53H2,1-3H3/b10-7+,12-9+,18-15+,19-16+,24-21+,26-25+,29-28+,34-31+,35-33+,36-32+,43-40+,44-41+. The quantitative estimate of drug-likeness (QED) is 0.0200. The number of unbranched alkanes of at least 4 members (excludes halogenated alkanes) is 9. The molecule has 0 rings (SSSR count). The van der Waals surface area contributed by atoms with Crippen LogP contribution in [0.5, 0.6) is 0 Å². The summed E-state index contributed by atoms with van der Waals surface area (Å²) < 4.78 is 16.6. The minimum atomic E-state index is -0.857. The van der Waals surface area contributed by atoms with Gasteiger partial charge >= 0.3 is 17.9 Å². The minimum Gasteiger partial charge on any atom is -0.462 e. The van der Waals surface area contributed by atoms with Gasteiger partial charge in [0.05, 0.1) is 0 Å². The van der Waals surface area contributed by atoms with Crippen LogP contribution in [0.2, 0.25) is 0 Å². The van der Waals surface area contributed by atoms with E-state index in [2.05, 4.69) is 112 Å². The van der Waals surface area contributed by atoms with Crippen molar-refractivity contribution in [1.29, 1.82) is 0 Å². The van der Waals surface area contributed by atoms with Crippen molar-refractivity contribution >= 4 is 17.9 Å². The maximum atomic E-state index is 12.7. The van der Waals surface area contributed by atoms with Crippen molar-refractivity contribution in [2.75, 3.05) is 13.2 Å². The van der Waals surface area contributed by atoms with Gasteiger partial charge in [0.25, 0.3) is 0 Å². The Morgan fingerprint density at radius 1 is 0.349 bits per heavy atom. The van der Waals surface area contributed by atoms with Crippen LogP contribution in [0.25, 0.3) is 0 Å². The molecule has 0 N–H and O–H groups in total. The average Bonchev–Trinajstić information content (AvgIpc) is 3.28. The Hall–Kier alpha value is -4.71. The molecule has 0 spiro atoms. The Labute approximate surface area is 385 Å². The summed E-state index contributed by atoms with van der Waals surface area (Å²) in [5.74, 6) is -1.16. The first-order valence-corrected chi connectivity index (χ1v) is 24.4. The first-order chi connectivity index (χ1) is 31.0. The Morgan fingerprint density at radius 2 is 0.730 bits per heavy atom.